The van der Waals surface area contributed by atoms with Crippen LogP contribution in [-0.4, -0.2) is 43.4 Å². The van der Waals surface area contributed by atoms with Gasteiger partial charge in [0, 0.05) is 29.2 Å². The molecule has 7 rings (SSSR count). The summed E-state index contributed by atoms with van der Waals surface area (Å²) in [5.74, 6) is 5.11. The van der Waals surface area contributed by atoms with E-state index in [-0.39, 0.29) is 9.74 Å². The van der Waals surface area contributed by atoms with Gasteiger partial charge in [-0.1, -0.05) is 15.9 Å². The summed E-state index contributed by atoms with van der Waals surface area (Å²) < 4.78 is 0.254. The Morgan fingerprint density at radius 1 is 1.04 bits per heavy atom. The van der Waals surface area contributed by atoms with Crippen molar-refractivity contribution >= 4 is 21.8 Å². The molecule has 146 valence electrons. The van der Waals surface area contributed by atoms with Crippen molar-refractivity contribution in [1.29, 1.82) is 0 Å². The number of nitrogens with one attached hydrogen (secondary N) is 1. The van der Waals surface area contributed by atoms with Crippen LogP contribution in [0.3, 0.4) is 0 Å². The second-order valence-electron chi connectivity index (χ2n) is 10.3. The normalized spacial score (nSPS) is 41.3. The van der Waals surface area contributed by atoms with Crippen LogP contribution in [0.25, 0.3) is 0 Å². The lowest BCUT2D eigenvalue weighted by molar-refractivity contribution is -0.156. The van der Waals surface area contributed by atoms with E-state index in [1.165, 1.54) is 32.1 Å². The van der Waals surface area contributed by atoms with Gasteiger partial charge in [-0.3, -0.25) is 9.89 Å². The molecule has 1 N–H and O–H groups in total. The summed E-state index contributed by atoms with van der Waals surface area (Å²) in [6, 6.07) is 0. The van der Waals surface area contributed by atoms with E-state index in [2.05, 4.69) is 31.0 Å². The summed E-state index contributed by atoms with van der Waals surface area (Å²) in [7, 11) is 0. The van der Waals surface area contributed by atoms with Crippen LogP contribution in [0.2, 0.25) is 0 Å². The predicted octanol–water partition coefficient (Wildman–Crippen LogP) is 4.12. The summed E-state index contributed by atoms with van der Waals surface area (Å²) in [6.45, 7) is 1.77. The zero-order valence-electron chi connectivity index (χ0n) is 15.9. The zero-order chi connectivity index (χ0) is 18.2. The van der Waals surface area contributed by atoms with Crippen LogP contribution in [0.15, 0.2) is 0 Å². The van der Waals surface area contributed by atoms with E-state index in [9.17, 15) is 4.79 Å². The molecule has 1 aromatic heterocycles. The topological polar surface area (TPSA) is 61.9 Å². The molecule has 6 aliphatic rings. The van der Waals surface area contributed by atoms with Gasteiger partial charge in [0.05, 0.1) is 5.41 Å². The van der Waals surface area contributed by atoms with Crippen LogP contribution in [0.1, 0.15) is 87.7 Å². The lowest BCUT2D eigenvalue weighted by Crippen LogP contribution is -2.59. The average molecular weight is 433 g/mol. The largest absolute Gasteiger partial charge is 0.342 e. The van der Waals surface area contributed by atoms with Gasteiger partial charge in [0.2, 0.25) is 5.91 Å². The van der Waals surface area contributed by atoms with Gasteiger partial charge in [0.15, 0.2) is 5.82 Å². The number of hydrogen-bond acceptors (Lipinski definition) is 3. The summed E-state index contributed by atoms with van der Waals surface area (Å²) in [5.41, 5.74) is -0.0637. The number of H-pyrrole nitrogens is 1. The minimum atomic E-state index is -0.0637. The molecule has 5 saturated carbocycles. The number of likely N-dealkylation sites (tertiary alicyclic amines) is 1. The number of alkyl halides is 1. The molecule has 4 bridgehead atoms. The van der Waals surface area contributed by atoms with Crippen LogP contribution in [-0.2, 0) is 4.79 Å². The Labute approximate surface area is 169 Å². The smallest absolute Gasteiger partial charge is 0.228 e. The van der Waals surface area contributed by atoms with Crippen molar-refractivity contribution in [2.45, 2.75) is 80.4 Å². The number of carbonyl (C=O) groups is 1. The SMILES string of the molecule is O=C(N1CCC(c2nc(C3CC3)n[nH]2)CC1)C12CC3CC(CC(Br)(C3)C1)C2. The van der Waals surface area contributed by atoms with Crippen LogP contribution < -0.4 is 0 Å². The maximum atomic E-state index is 13.6. The van der Waals surface area contributed by atoms with Crippen LogP contribution in [0.5, 0.6) is 0 Å². The molecule has 5 aliphatic carbocycles. The number of nitrogens with zero attached hydrogens (tertiary/aromatic N) is 3. The lowest BCUT2D eigenvalue weighted by Gasteiger charge is -2.60. The van der Waals surface area contributed by atoms with E-state index in [0.29, 0.717) is 17.7 Å². The van der Waals surface area contributed by atoms with Crippen LogP contribution in [0, 0.1) is 17.3 Å². The Morgan fingerprint density at radius 2 is 1.74 bits per heavy atom. The highest BCUT2D eigenvalue weighted by Crippen LogP contribution is 2.65. The Hall–Kier alpha value is -0.910. The molecule has 1 saturated heterocycles. The molecule has 6 fully saturated rings. The Morgan fingerprint density at radius 3 is 2.37 bits per heavy atom. The number of carbonyl (C=O) groups excluding carboxylic acids is 1. The fourth-order valence-electron chi connectivity index (χ4n) is 7.09. The number of piperidine rings is 1. The van der Waals surface area contributed by atoms with Crippen LogP contribution in [0.4, 0.5) is 0 Å². The molecule has 0 spiro atoms. The van der Waals surface area contributed by atoms with E-state index < -0.39 is 0 Å². The molecular formula is C21H29BrN4O. The summed E-state index contributed by atoms with van der Waals surface area (Å²) >= 11 is 4.05. The highest BCUT2D eigenvalue weighted by molar-refractivity contribution is 9.10. The first-order valence-electron chi connectivity index (χ1n) is 10.9. The van der Waals surface area contributed by atoms with E-state index >= 15 is 0 Å². The Kier molecular flexibility index (Phi) is 3.65. The quantitative estimate of drug-likeness (QED) is 0.730. The van der Waals surface area contributed by atoms with Crippen LogP contribution >= 0.6 is 15.9 Å². The lowest BCUT2D eigenvalue weighted by atomic mass is 9.49. The fourth-order valence-corrected chi connectivity index (χ4v) is 8.54. The highest BCUT2D eigenvalue weighted by atomic mass is 79.9. The minimum absolute atomic E-state index is 0.0637. The zero-order valence-corrected chi connectivity index (χ0v) is 17.5. The van der Waals surface area contributed by atoms with E-state index in [0.717, 1.165) is 68.7 Å². The number of amides is 1. The first-order chi connectivity index (χ1) is 13.0. The molecule has 1 aliphatic heterocycles. The van der Waals surface area contributed by atoms with Crippen molar-refractivity contribution < 1.29 is 4.79 Å². The monoisotopic (exact) mass is 432 g/mol. The van der Waals surface area contributed by atoms with Crippen molar-refractivity contribution in [1.82, 2.24) is 20.1 Å². The van der Waals surface area contributed by atoms with Crippen molar-refractivity contribution in [3.8, 4) is 0 Å². The van der Waals surface area contributed by atoms with Crippen molar-refractivity contribution in [3.63, 3.8) is 0 Å². The first-order valence-corrected chi connectivity index (χ1v) is 11.7. The number of halogens is 1. The Balaban J connectivity index is 1.14. The third-order valence-corrected chi connectivity index (χ3v) is 9.00. The molecule has 0 aromatic carbocycles. The summed E-state index contributed by atoms with van der Waals surface area (Å²) in [4.78, 5) is 20.6. The molecule has 0 radical (unpaired) electrons. The van der Waals surface area contributed by atoms with Gasteiger partial charge in [-0.15, -0.1) is 0 Å². The van der Waals surface area contributed by atoms with Crippen molar-refractivity contribution in [2.24, 2.45) is 17.3 Å². The first kappa shape index (κ1) is 17.0. The third kappa shape index (κ3) is 2.80. The summed E-state index contributed by atoms with van der Waals surface area (Å²) in [5, 5.41) is 7.60. The minimum Gasteiger partial charge on any atom is -0.342 e. The van der Waals surface area contributed by atoms with E-state index in [1.807, 2.05) is 0 Å². The van der Waals surface area contributed by atoms with Gasteiger partial charge in [0.25, 0.3) is 0 Å². The molecule has 1 aromatic rings. The summed E-state index contributed by atoms with van der Waals surface area (Å²) in [6.07, 6.45) is 11.8. The highest BCUT2D eigenvalue weighted by Gasteiger charge is 2.60. The second-order valence-corrected chi connectivity index (χ2v) is 12.0. The maximum Gasteiger partial charge on any atom is 0.228 e. The van der Waals surface area contributed by atoms with E-state index in [4.69, 9.17) is 4.98 Å². The van der Waals surface area contributed by atoms with Crippen molar-refractivity contribution in [3.05, 3.63) is 11.6 Å². The number of aromatic nitrogens is 3. The molecule has 2 heterocycles. The van der Waals surface area contributed by atoms with Crippen molar-refractivity contribution in [2.75, 3.05) is 13.1 Å². The third-order valence-electron chi connectivity index (χ3n) is 8.07. The molecule has 2 atom stereocenters. The Bertz CT molecular complexity index is 750. The van der Waals surface area contributed by atoms with Gasteiger partial charge in [-0.2, -0.15) is 5.10 Å². The molecule has 6 heteroatoms. The molecule has 27 heavy (non-hydrogen) atoms. The van der Waals surface area contributed by atoms with Gasteiger partial charge in [-0.25, -0.2) is 4.98 Å². The van der Waals surface area contributed by atoms with Gasteiger partial charge in [-0.05, 0) is 76.0 Å². The fraction of sp³-hybridized carbons (Fsp3) is 0.857. The average Bonchev–Trinajstić information content (AvgIpc) is 3.36. The predicted molar refractivity (Wildman–Crippen MR) is 106 cm³/mol. The van der Waals surface area contributed by atoms with Gasteiger partial charge >= 0.3 is 0 Å². The standard InChI is InChI=1S/C21H29BrN4O/c22-21-10-13-7-14(11-21)9-20(8-13,12-21)19(27)26-5-3-16(4-6-26)18-23-17(24-25-18)15-1-2-15/h13-16H,1-12H2,(H,23,24,25). The van der Waals surface area contributed by atoms with Gasteiger partial charge < -0.3 is 4.90 Å². The van der Waals surface area contributed by atoms with Gasteiger partial charge in [0.1, 0.15) is 5.82 Å². The molecule has 2 unspecified atom stereocenters. The van der Waals surface area contributed by atoms with E-state index in [1.54, 1.807) is 0 Å². The maximum absolute atomic E-state index is 13.6. The molecule has 1 amide bonds. The number of rotatable bonds is 3. The number of hydrogen-bond donors (Lipinski definition) is 1. The molecular weight excluding hydrogens is 404 g/mol. The number of aromatic amines is 1. The second kappa shape index (κ2) is 5.80. The molecule has 5 nitrogen and oxygen atoms in total.